The summed E-state index contributed by atoms with van der Waals surface area (Å²) in [6, 6.07) is 10.9. The Hall–Kier alpha value is -3.63. The van der Waals surface area contributed by atoms with Gasteiger partial charge in [0.25, 0.3) is 10.2 Å². The molecule has 11 heteroatoms. The van der Waals surface area contributed by atoms with Crippen LogP contribution in [0.1, 0.15) is 18.4 Å². The summed E-state index contributed by atoms with van der Waals surface area (Å²) < 4.78 is 10.2. The minimum absolute atomic E-state index is 0.567. The third kappa shape index (κ3) is 5.69. The van der Waals surface area contributed by atoms with Crippen LogP contribution in [-0.2, 0) is 19.2 Å². The molecule has 0 bridgehead atoms. The van der Waals surface area contributed by atoms with E-state index in [9.17, 15) is 25.0 Å². The molecule has 0 saturated carbocycles. The maximum Gasteiger partial charge on any atom is 0.313 e. The Bertz CT molecular complexity index is 871. The standard InChI is InChI=1S/C17H18N2O9/c1-11(12-3-4-14-8-15(25-2)6-5-13(14)7-12)17(20)26-9-16(28-19(23)24)10-27-18(21)22/h3-8,11,16H,9-10H2,1-2H3/t11-,16-/m0/s1. The van der Waals surface area contributed by atoms with Gasteiger partial charge in [-0.2, -0.15) is 0 Å². The zero-order chi connectivity index (χ0) is 20.7. The van der Waals surface area contributed by atoms with Gasteiger partial charge in [0.15, 0.2) is 6.10 Å². The van der Waals surface area contributed by atoms with Gasteiger partial charge >= 0.3 is 5.97 Å². The molecule has 0 aliphatic carbocycles. The molecule has 28 heavy (non-hydrogen) atoms. The van der Waals surface area contributed by atoms with Gasteiger partial charge in [-0.1, -0.05) is 24.3 Å². The number of benzene rings is 2. The van der Waals surface area contributed by atoms with E-state index in [0.29, 0.717) is 11.3 Å². The zero-order valence-electron chi connectivity index (χ0n) is 15.1. The maximum absolute atomic E-state index is 12.3. The van der Waals surface area contributed by atoms with E-state index >= 15 is 0 Å². The summed E-state index contributed by atoms with van der Waals surface area (Å²) in [6.07, 6.45) is -1.42. The molecule has 150 valence electrons. The van der Waals surface area contributed by atoms with Crippen LogP contribution < -0.4 is 4.74 Å². The van der Waals surface area contributed by atoms with Gasteiger partial charge in [0, 0.05) is 0 Å². The first-order chi connectivity index (χ1) is 13.3. The van der Waals surface area contributed by atoms with Crippen LogP contribution in [0.25, 0.3) is 10.8 Å². The molecule has 0 saturated heterocycles. The van der Waals surface area contributed by atoms with Gasteiger partial charge < -0.3 is 19.1 Å². The minimum atomic E-state index is -1.42. The number of methoxy groups -OCH3 is 1. The fourth-order valence-corrected chi connectivity index (χ4v) is 2.45. The fourth-order valence-electron chi connectivity index (χ4n) is 2.45. The summed E-state index contributed by atoms with van der Waals surface area (Å²) in [6.45, 7) is 0.306. The van der Waals surface area contributed by atoms with Crippen LogP contribution in [0.3, 0.4) is 0 Å². The Labute approximate surface area is 158 Å². The lowest BCUT2D eigenvalue weighted by Crippen LogP contribution is -2.31. The summed E-state index contributed by atoms with van der Waals surface area (Å²) in [7, 11) is 1.57. The Morgan fingerprint density at radius 1 is 1.04 bits per heavy atom. The highest BCUT2D eigenvalue weighted by molar-refractivity contribution is 5.86. The first-order valence-electron chi connectivity index (χ1n) is 8.13. The second kappa shape index (κ2) is 9.35. The number of rotatable bonds is 10. The molecule has 0 fully saturated rings. The number of carbonyl (C=O) groups is 1. The van der Waals surface area contributed by atoms with Crippen molar-refractivity contribution in [3.63, 3.8) is 0 Å². The average molecular weight is 394 g/mol. The number of nitrogens with zero attached hydrogens (tertiary/aromatic N) is 2. The van der Waals surface area contributed by atoms with Crippen LogP contribution in [-0.4, -0.2) is 42.6 Å². The third-order valence-electron chi connectivity index (χ3n) is 3.94. The van der Waals surface area contributed by atoms with Crippen molar-refractivity contribution in [3.05, 3.63) is 62.2 Å². The highest BCUT2D eigenvalue weighted by Gasteiger charge is 2.22. The Morgan fingerprint density at radius 2 is 1.71 bits per heavy atom. The maximum atomic E-state index is 12.3. The van der Waals surface area contributed by atoms with Gasteiger partial charge in [0.1, 0.15) is 19.0 Å². The predicted octanol–water partition coefficient (Wildman–Crippen LogP) is 2.28. The van der Waals surface area contributed by atoms with E-state index in [2.05, 4.69) is 9.68 Å². The molecule has 0 radical (unpaired) electrons. The molecule has 0 heterocycles. The summed E-state index contributed by atoms with van der Waals surface area (Å²) in [4.78, 5) is 41.2. The summed E-state index contributed by atoms with van der Waals surface area (Å²) >= 11 is 0. The van der Waals surface area contributed by atoms with E-state index in [1.165, 1.54) is 0 Å². The second-order valence-electron chi connectivity index (χ2n) is 5.79. The summed E-state index contributed by atoms with van der Waals surface area (Å²) in [5.41, 5.74) is 0.677. The van der Waals surface area contributed by atoms with Gasteiger partial charge in [-0.15, -0.1) is 20.2 Å². The smallest absolute Gasteiger partial charge is 0.313 e. The van der Waals surface area contributed by atoms with Crippen molar-refractivity contribution < 1.29 is 34.1 Å². The molecule has 0 spiro atoms. The van der Waals surface area contributed by atoms with Crippen LogP contribution in [0.15, 0.2) is 36.4 Å². The molecule has 2 aromatic rings. The normalized spacial score (nSPS) is 12.6. The second-order valence-corrected chi connectivity index (χ2v) is 5.79. The number of fused-ring (bicyclic) bond motifs is 1. The van der Waals surface area contributed by atoms with Crippen molar-refractivity contribution in [3.8, 4) is 5.75 Å². The zero-order valence-corrected chi connectivity index (χ0v) is 15.1. The average Bonchev–Trinajstić information content (AvgIpc) is 2.67. The molecule has 11 nitrogen and oxygen atoms in total. The van der Waals surface area contributed by atoms with Crippen LogP contribution in [0.5, 0.6) is 5.75 Å². The molecule has 0 unspecified atom stereocenters. The summed E-state index contributed by atoms with van der Waals surface area (Å²) in [5, 5.41) is 20.2. The van der Waals surface area contributed by atoms with Crippen molar-refractivity contribution in [1.29, 1.82) is 0 Å². The molecule has 0 aliphatic rings. The van der Waals surface area contributed by atoms with E-state index < -0.39 is 41.4 Å². The molecule has 0 N–H and O–H groups in total. The van der Waals surface area contributed by atoms with Gasteiger partial charge in [-0.05, 0) is 35.4 Å². The Kier molecular flexibility index (Phi) is 6.90. The Morgan fingerprint density at radius 3 is 2.36 bits per heavy atom. The van der Waals surface area contributed by atoms with Gasteiger partial charge in [0.2, 0.25) is 0 Å². The SMILES string of the molecule is COc1ccc2cc([C@H](C)C(=O)OC[C@@H](CO[N+](=O)[O-])O[N+](=O)[O-])ccc2c1. The number of hydrogen-bond acceptors (Lipinski definition) is 9. The highest BCUT2D eigenvalue weighted by Crippen LogP contribution is 2.25. The van der Waals surface area contributed by atoms with Gasteiger partial charge in [-0.3, -0.25) is 4.79 Å². The lowest BCUT2D eigenvalue weighted by Gasteiger charge is -2.17. The number of hydrogen-bond donors (Lipinski definition) is 0. The highest BCUT2D eigenvalue weighted by atomic mass is 17.0. The quantitative estimate of drug-likeness (QED) is 0.337. The molecule has 0 aliphatic heterocycles. The minimum Gasteiger partial charge on any atom is -0.497 e. The van der Waals surface area contributed by atoms with Gasteiger partial charge in [-0.25, -0.2) is 0 Å². The molecule has 2 aromatic carbocycles. The lowest BCUT2D eigenvalue weighted by molar-refractivity contribution is -0.790. The fraction of sp³-hybridized carbons (Fsp3) is 0.353. The molecular formula is C17H18N2O9. The van der Waals surface area contributed by atoms with E-state index in [0.717, 1.165) is 10.8 Å². The van der Waals surface area contributed by atoms with Crippen molar-refractivity contribution in [2.45, 2.75) is 18.9 Å². The van der Waals surface area contributed by atoms with E-state index in [-0.39, 0.29) is 0 Å². The summed E-state index contributed by atoms with van der Waals surface area (Å²) in [5.74, 6) is -0.619. The Balaban J connectivity index is 2.03. The van der Waals surface area contributed by atoms with Crippen LogP contribution in [0.4, 0.5) is 0 Å². The molecule has 0 amide bonds. The number of ether oxygens (including phenoxy) is 2. The van der Waals surface area contributed by atoms with Crippen molar-refractivity contribution >= 4 is 16.7 Å². The first kappa shape index (κ1) is 20.7. The molecule has 2 atom stereocenters. The first-order valence-corrected chi connectivity index (χ1v) is 8.13. The van der Waals surface area contributed by atoms with E-state index in [1.807, 2.05) is 24.3 Å². The van der Waals surface area contributed by atoms with Crippen LogP contribution in [0, 0.1) is 20.2 Å². The number of carbonyl (C=O) groups excluding carboxylic acids is 1. The third-order valence-corrected chi connectivity index (χ3v) is 3.94. The van der Waals surface area contributed by atoms with E-state index in [1.54, 1.807) is 26.2 Å². The number of esters is 1. The van der Waals surface area contributed by atoms with Crippen molar-refractivity contribution in [2.24, 2.45) is 0 Å². The predicted molar refractivity (Wildman–Crippen MR) is 94.7 cm³/mol. The van der Waals surface area contributed by atoms with Gasteiger partial charge in [0.05, 0.1) is 13.0 Å². The topological polar surface area (TPSA) is 140 Å². The lowest BCUT2D eigenvalue weighted by atomic mass is 9.98. The largest absolute Gasteiger partial charge is 0.497 e. The van der Waals surface area contributed by atoms with Crippen molar-refractivity contribution in [2.75, 3.05) is 20.3 Å². The van der Waals surface area contributed by atoms with Crippen molar-refractivity contribution in [1.82, 2.24) is 0 Å². The molecular weight excluding hydrogens is 376 g/mol. The molecule has 0 aromatic heterocycles. The molecule has 2 rings (SSSR count). The van der Waals surface area contributed by atoms with E-state index in [4.69, 9.17) is 9.47 Å². The van der Waals surface area contributed by atoms with Crippen LogP contribution in [0.2, 0.25) is 0 Å². The monoisotopic (exact) mass is 394 g/mol. The van der Waals surface area contributed by atoms with Crippen LogP contribution >= 0.6 is 0 Å².